The van der Waals surface area contributed by atoms with Crippen LogP contribution in [0.3, 0.4) is 0 Å². The van der Waals surface area contributed by atoms with Crippen molar-refractivity contribution in [2.24, 2.45) is 17.8 Å². The fourth-order valence-corrected chi connectivity index (χ4v) is 4.94. The first-order chi connectivity index (χ1) is 18.5. The number of carboxylic acid groups (broad SMARTS) is 3. The molecule has 0 aliphatic carbocycles. The zero-order valence-corrected chi connectivity index (χ0v) is 25.5. The topological polar surface area (TPSA) is 115 Å². The maximum Gasteiger partial charge on any atom is 0.306 e. The van der Waals surface area contributed by atoms with Gasteiger partial charge in [0.15, 0.2) is 0 Å². The van der Waals surface area contributed by atoms with Gasteiger partial charge in [0.25, 0.3) is 0 Å². The van der Waals surface area contributed by atoms with E-state index in [2.05, 4.69) is 19.1 Å². The highest BCUT2D eigenvalue weighted by molar-refractivity contribution is 5.69. The lowest BCUT2D eigenvalue weighted by molar-refractivity contribution is -0.929. The number of allylic oxidation sites excluding steroid dienone is 2. The van der Waals surface area contributed by atoms with Gasteiger partial charge in [0, 0.05) is 31.1 Å². The van der Waals surface area contributed by atoms with Crippen molar-refractivity contribution >= 4 is 17.9 Å². The van der Waals surface area contributed by atoms with Crippen molar-refractivity contribution in [3.8, 4) is 0 Å². The van der Waals surface area contributed by atoms with Crippen LogP contribution in [0.15, 0.2) is 12.2 Å². The molecule has 39 heavy (non-hydrogen) atoms. The number of quaternary nitrogens is 1. The van der Waals surface area contributed by atoms with Gasteiger partial charge in [0.1, 0.15) is 0 Å². The normalized spacial score (nSPS) is 15.6. The summed E-state index contributed by atoms with van der Waals surface area (Å²) in [7, 11) is 0. The third kappa shape index (κ3) is 19.8. The third-order valence-corrected chi connectivity index (χ3v) is 8.25. The van der Waals surface area contributed by atoms with Crippen molar-refractivity contribution in [1.29, 1.82) is 0 Å². The Morgan fingerprint density at radius 3 is 1.41 bits per heavy atom. The Hall–Kier alpha value is -1.89. The quantitative estimate of drug-likeness (QED) is 0.0686. The van der Waals surface area contributed by atoms with Crippen LogP contribution in [0.2, 0.25) is 0 Å². The molecule has 0 aromatic carbocycles. The second-order valence-electron chi connectivity index (χ2n) is 11.9. The summed E-state index contributed by atoms with van der Waals surface area (Å²) in [4.78, 5) is 34.3. The van der Waals surface area contributed by atoms with Gasteiger partial charge >= 0.3 is 11.9 Å². The Morgan fingerprint density at radius 1 is 0.615 bits per heavy atom. The molecule has 0 radical (unpaired) electrons. The molecular weight excluding hydrogens is 494 g/mol. The van der Waals surface area contributed by atoms with E-state index in [1.54, 1.807) is 20.8 Å². The summed E-state index contributed by atoms with van der Waals surface area (Å²) in [6.07, 6.45) is 21.9. The molecule has 0 saturated carbocycles. The van der Waals surface area contributed by atoms with Crippen LogP contribution in [0.1, 0.15) is 130 Å². The number of carboxylic acids is 3. The molecule has 0 aliphatic heterocycles. The molecule has 0 aromatic heterocycles. The average Bonchev–Trinajstić information content (AvgIpc) is 2.90. The van der Waals surface area contributed by atoms with Crippen LogP contribution >= 0.6 is 0 Å². The molecule has 3 atom stereocenters. The molecule has 3 unspecified atom stereocenters. The van der Waals surface area contributed by atoms with E-state index in [9.17, 15) is 29.7 Å². The molecule has 0 rings (SSSR count). The number of hydrogen-bond acceptors (Lipinski definition) is 4. The number of rotatable bonds is 27. The summed E-state index contributed by atoms with van der Waals surface area (Å²) in [5.41, 5.74) is 0. The largest absolute Gasteiger partial charge is 0.550 e. The molecule has 7 nitrogen and oxygen atoms in total. The lowest BCUT2D eigenvalue weighted by atomic mass is 10.0. The Balaban J connectivity index is 4.71. The molecule has 0 fully saturated rings. The van der Waals surface area contributed by atoms with Crippen molar-refractivity contribution in [2.75, 3.05) is 26.2 Å². The first kappa shape index (κ1) is 37.1. The number of carbonyl (C=O) groups excluding carboxylic acids is 1. The van der Waals surface area contributed by atoms with E-state index in [-0.39, 0.29) is 0 Å². The number of nitrogens with zero attached hydrogens (tertiary/aromatic N) is 1. The number of hydrogen-bond donors (Lipinski definition) is 2. The van der Waals surface area contributed by atoms with Gasteiger partial charge < -0.3 is 24.6 Å². The van der Waals surface area contributed by atoms with Crippen molar-refractivity contribution in [3.63, 3.8) is 0 Å². The molecule has 0 spiro atoms. The van der Waals surface area contributed by atoms with Crippen LogP contribution < -0.4 is 5.11 Å². The van der Waals surface area contributed by atoms with Crippen LogP contribution in [0.5, 0.6) is 0 Å². The first-order valence-corrected chi connectivity index (χ1v) is 15.7. The second kappa shape index (κ2) is 22.9. The fourth-order valence-electron chi connectivity index (χ4n) is 4.94. The van der Waals surface area contributed by atoms with Crippen LogP contribution in [0, 0.1) is 17.8 Å². The van der Waals surface area contributed by atoms with Gasteiger partial charge in [-0.25, -0.2) is 0 Å². The Kier molecular flexibility index (Phi) is 21.8. The summed E-state index contributed by atoms with van der Waals surface area (Å²) in [6.45, 7) is 9.93. The lowest BCUT2D eigenvalue weighted by Gasteiger charge is -2.41. The Labute approximate surface area is 238 Å². The van der Waals surface area contributed by atoms with Gasteiger partial charge in [0.2, 0.25) is 0 Å². The van der Waals surface area contributed by atoms with E-state index >= 15 is 0 Å². The Bertz CT molecular complexity index is 632. The van der Waals surface area contributed by atoms with Gasteiger partial charge in [-0.2, -0.15) is 0 Å². The van der Waals surface area contributed by atoms with Crippen LogP contribution in [0.4, 0.5) is 0 Å². The van der Waals surface area contributed by atoms with Crippen LogP contribution in [-0.4, -0.2) is 58.8 Å². The predicted molar refractivity (Wildman–Crippen MR) is 156 cm³/mol. The minimum Gasteiger partial charge on any atom is -0.550 e. The summed E-state index contributed by atoms with van der Waals surface area (Å²) in [6, 6.07) is 0. The van der Waals surface area contributed by atoms with Crippen LogP contribution in [0.25, 0.3) is 0 Å². The molecule has 228 valence electrons. The molecular formula is C32H59NO6. The zero-order valence-electron chi connectivity index (χ0n) is 25.5. The van der Waals surface area contributed by atoms with Gasteiger partial charge in [0.05, 0.1) is 38.0 Å². The van der Waals surface area contributed by atoms with Gasteiger partial charge in [-0.05, 0) is 32.1 Å². The SMILES string of the molecule is CCCC/C=C/CCCCCCCCCCC[N+](CCC(C)C(=O)[O-])(CCC(C)C(=O)O)CCC(C)C(=O)O. The summed E-state index contributed by atoms with van der Waals surface area (Å²) in [5, 5.41) is 30.2. The summed E-state index contributed by atoms with van der Waals surface area (Å²) >= 11 is 0. The average molecular weight is 554 g/mol. The second-order valence-corrected chi connectivity index (χ2v) is 11.9. The van der Waals surface area contributed by atoms with Gasteiger partial charge in [-0.15, -0.1) is 0 Å². The zero-order chi connectivity index (χ0) is 29.5. The highest BCUT2D eigenvalue weighted by Crippen LogP contribution is 2.22. The highest BCUT2D eigenvalue weighted by atomic mass is 16.4. The summed E-state index contributed by atoms with van der Waals surface area (Å²) < 4.78 is 0.583. The van der Waals surface area contributed by atoms with Crippen LogP contribution in [-0.2, 0) is 14.4 Å². The molecule has 0 heterocycles. The number of carbonyl (C=O) groups is 3. The minimum atomic E-state index is -1.07. The van der Waals surface area contributed by atoms with E-state index < -0.39 is 35.7 Å². The first-order valence-electron chi connectivity index (χ1n) is 15.7. The fraction of sp³-hybridized carbons (Fsp3) is 0.844. The molecule has 0 amide bonds. The van der Waals surface area contributed by atoms with E-state index in [4.69, 9.17) is 0 Å². The Morgan fingerprint density at radius 2 is 1.00 bits per heavy atom. The van der Waals surface area contributed by atoms with Crippen molar-refractivity contribution in [1.82, 2.24) is 0 Å². The maximum atomic E-state index is 11.5. The molecule has 0 bridgehead atoms. The highest BCUT2D eigenvalue weighted by Gasteiger charge is 2.30. The molecule has 0 saturated heterocycles. The third-order valence-electron chi connectivity index (χ3n) is 8.25. The smallest absolute Gasteiger partial charge is 0.306 e. The van der Waals surface area contributed by atoms with Crippen molar-refractivity contribution in [2.45, 2.75) is 130 Å². The molecule has 7 heteroatoms. The monoisotopic (exact) mass is 553 g/mol. The van der Waals surface area contributed by atoms with Crippen molar-refractivity contribution in [3.05, 3.63) is 12.2 Å². The lowest BCUT2D eigenvalue weighted by Crippen LogP contribution is -2.52. The summed E-state index contributed by atoms with van der Waals surface area (Å²) in [5.74, 6) is -4.31. The van der Waals surface area contributed by atoms with E-state index in [0.717, 1.165) is 25.8 Å². The molecule has 0 aromatic rings. The minimum absolute atomic E-state index is 0.444. The maximum absolute atomic E-state index is 11.5. The number of unbranched alkanes of at least 4 members (excludes halogenated alkanes) is 11. The van der Waals surface area contributed by atoms with Gasteiger partial charge in [-0.3, -0.25) is 9.59 Å². The molecule has 2 N–H and O–H groups in total. The van der Waals surface area contributed by atoms with E-state index in [0.29, 0.717) is 43.4 Å². The standard InChI is InChI=1S/C32H59NO6/c1-5-6-7-8-9-10-11-12-13-14-15-16-17-18-19-23-33(24-20-27(2)30(34)35,25-21-28(3)31(36)37)26-22-29(4)32(38)39/h8-9,27-29H,5-7,10-26H2,1-4H3,(H2-,34,35,36,37,38,39)/b9-8+. The van der Waals surface area contributed by atoms with E-state index in [1.807, 2.05) is 0 Å². The van der Waals surface area contributed by atoms with Crippen molar-refractivity contribution < 1.29 is 34.2 Å². The number of aliphatic carboxylic acids is 3. The predicted octanol–water partition coefficient (Wildman–Crippen LogP) is 6.45. The van der Waals surface area contributed by atoms with Gasteiger partial charge in [-0.1, -0.05) is 91.2 Å². The molecule has 0 aliphatic rings. The van der Waals surface area contributed by atoms with E-state index in [1.165, 1.54) is 64.2 Å².